The van der Waals surface area contributed by atoms with Gasteiger partial charge in [-0.05, 0) is 12.8 Å². The average molecular weight is 223 g/mol. The van der Waals surface area contributed by atoms with E-state index in [0.717, 1.165) is 19.3 Å². The summed E-state index contributed by atoms with van der Waals surface area (Å²) in [5.74, 6) is -1.78. The zero-order valence-electron chi connectivity index (χ0n) is 7.91. The van der Waals surface area contributed by atoms with Crippen LogP contribution in [0.5, 0.6) is 0 Å². The number of carboxylic acids is 2. The third-order valence-corrected chi connectivity index (χ3v) is 2.27. The summed E-state index contributed by atoms with van der Waals surface area (Å²) in [6.45, 7) is 0. The second-order valence-corrected chi connectivity index (χ2v) is 3.68. The van der Waals surface area contributed by atoms with E-state index >= 15 is 0 Å². The largest absolute Gasteiger partial charge is 0.481 e. The molecule has 82 valence electrons. The third kappa shape index (κ3) is 7.86. The highest BCUT2D eigenvalue weighted by molar-refractivity contribution is 6.29. The minimum absolute atomic E-state index is 0.184. The molecule has 0 saturated carbocycles. The molecule has 5 heteroatoms. The van der Waals surface area contributed by atoms with Gasteiger partial charge in [0, 0.05) is 6.42 Å². The Hall–Kier alpha value is -0.770. The first-order chi connectivity index (χ1) is 6.54. The van der Waals surface area contributed by atoms with Crippen LogP contribution >= 0.6 is 11.6 Å². The van der Waals surface area contributed by atoms with E-state index in [1.165, 1.54) is 0 Å². The van der Waals surface area contributed by atoms with Crippen LogP contribution in [-0.4, -0.2) is 27.5 Å². The van der Waals surface area contributed by atoms with Crippen LogP contribution in [-0.2, 0) is 9.59 Å². The van der Waals surface area contributed by atoms with E-state index in [0.29, 0.717) is 12.8 Å². The Morgan fingerprint density at radius 1 is 1.07 bits per heavy atom. The summed E-state index contributed by atoms with van der Waals surface area (Å²) in [5.41, 5.74) is 0. The fourth-order valence-electron chi connectivity index (χ4n) is 1.08. The number of hydrogen-bond acceptors (Lipinski definition) is 2. The van der Waals surface area contributed by atoms with Gasteiger partial charge in [0.25, 0.3) is 0 Å². The zero-order chi connectivity index (χ0) is 11.0. The molecule has 4 nitrogen and oxygen atoms in total. The van der Waals surface area contributed by atoms with Gasteiger partial charge in [0.05, 0.1) is 0 Å². The highest BCUT2D eigenvalue weighted by Gasteiger charge is 2.11. The molecule has 0 saturated heterocycles. The first-order valence-corrected chi connectivity index (χ1v) is 5.06. The van der Waals surface area contributed by atoms with E-state index in [9.17, 15) is 9.59 Å². The van der Waals surface area contributed by atoms with E-state index in [4.69, 9.17) is 21.8 Å². The van der Waals surface area contributed by atoms with Gasteiger partial charge in [0.1, 0.15) is 5.38 Å². The van der Waals surface area contributed by atoms with Crippen LogP contribution in [0.4, 0.5) is 0 Å². The fourth-order valence-corrected chi connectivity index (χ4v) is 1.23. The predicted octanol–water partition coefficient (Wildman–Crippen LogP) is 2.10. The highest BCUT2D eigenvalue weighted by atomic mass is 35.5. The summed E-state index contributed by atoms with van der Waals surface area (Å²) < 4.78 is 0. The van der Waals surface area contributed by atoms with Crippen molar-refractivity contribution in [1.82, 2.24) is 0 Å². The number of rotatable bonds is 8. The van der Waals surface area contributed by atoms with Crippen LogP contribution in [0.25, 0.3) is 0 Å². The van der Waals surface area contributed by atoms with Crippen LogP contribution in [0.1, 0.15) is 38.5 Å². The molecule has 2 N–H and O–H groups in total. The number of carboxylic acid groups (broad SMARTS) is 2. The zero-order valence-corrected chi connectivity index (χ0v) is 8.66. The van der Waals surface area contributed by atoms with Crippen molar-refractivity contribution in [3.8, 4) is 0 Å². The van der Waals surface area contributed by atoms with Crippen molar-refractivity contribution in [3.63, 3.8) is 0 Å². The summed E-state index contributed by atoms with van der Waals surface area (Å²) in [4.78, 5) is 20.4. The van der Waals surface area contributed by atoms with Crippen LogP contribution < -0.4 is 0 Å². The second kappa shape index (κ2) is 7.62. The summed E-state index contributed by atoms with van der Waals surface area (Å²) in [6.07, 6.45) is 3.67. The van der Waals surface area contributed by atoms with E-state index in [-0.39, 0.29) is 6.42 Å². The van der Waals surface area contributed by atoms with Gasteiger partial charge in [0.15, 0.2) is 0 Å². The van der Waals surface area contributed by atoms with Crippen molar-refractivity contribution < 1.29 is 19.8 Å². The van der Waals surface area contributed by atoms with Gasteiger partial charge < -0.3 is 10.2 Å². The molecule has 1 atom stereocenters. The molecule has 0 bridgehead atoms. The van der Waals surface area contributed by atoms with E-state index in [1.807, 2.05) is 0 Å². The van der Waals surface area contributed by atoms with Crippen molar-refractivity contribution in [3.05, 3.63) is 0 Å². The summed E-state index contributed by atoms with van der Waals surface area (Å²) >= 11 is 5.49. The molecule has 0 aromatic rings. The quantitative estimate of drug-likeness (QED) is 0.487. The van der Waals surface area contributed by atoms with Crippen molar-refractivity contribution in [1.29, 1.82) is 0 Å². The van der Waals surface area contributed by atoms with Gasteiger partial charge in [-0.1, -0.05) is 19.3 Å². The molecule has 0 aliphatic carbocycles. The van der Waals surface area contributed by atoms with E-state index < -0.39 is 17.3 Å². The minimum Gasteiger partial charge on any atom is -0.481 e. The van der Waals surface area contributed by atoms with Gasteiger partial charge in [-0.25, -0.2) is 0 Å². The third-order valence-electron chi connectivity index (χ3n) is 1.87. The number of halogens is 1. The maximum absolute atomic E-state index is 10.3. The van der Waals surface area contributed by atoms with Gasteiger partial charge in [0.2, 0.25) is 0 Å². The molecular weight excluding hydrogens is 208 g/mol. The standard InChI is InChI=1S/C9H15ClO4/c10-7(9(13)14)5-3-1-2-4-6-8(11)12/h7H,1-6H2,(H,11,12)(H,13,14). The molecule has 14 heavy (non-hydrogen) atoms. The van der Waals surface area contributed by atoms with Crippen LogP contribution in [0.15, 0.2) is 0 Å². The first-order valence-electron chi connectivity index (χ1n) is 4.62. The average Bonchev–Trinajstić information content (AvgIpc) is 2.09. The Morgan fingerprint density at radius 3 is 2.14 bits per heavy atom. The molecule has 0 aliphatic heterocycles. The Bertz CT molecular complexity index is 193. The molecule has 0 aromatic heterocycles. The Balaban J connectivity index is 3.21. The SMILES string of the molecule is O=C(O)CCCCCCC(Cl)C(=O)O. The van der Waals surface area contributed by atoms with Crippen molar-refractivity contribution in [2.45, 2.75) is 43.9 Å². The molecule has 0 radical (unpaired) electrons. The van der Waals surface area contributed by atoms with E-state index in [2.05, 4.69) is 0 Å². The molecule has 0 rings (SSSR count). The molecule has 0 fully saturated rings. The highest BCUT2D eigenvalue weighted by Crippen LogP contribution is 2.11. The van der Waals surface area contributed by atoms with Crippen molar-refractivity contribution in [2.24, 2.45) is 0 Å². The fraction of sp³-hybridized carbons (Fsp3) is 0.778. The number of carbonyl (C=O) groups is 2. The Kier molecular flexibility index (Phi) is 7.20. The Morgan fingerprint density at radius 2 is 1.64 bits per heavy atom. The van der Waals surface area contributed by atoms with Crippen LogP contribution in [0, 0.1) is 0 Å². The maximum atomic E-state index is 10.3. The maximum Gasteiger partial charge on any atom is 0.321 e. The monoisotopic (exact) mass is 222 g/mol. The molecule has 0 aliphatic rings. The lowest BCUT2D eigenvalue weighted by Crippen LogP contribution is -2.12. The lowest BCUT2D eigenvalue weighted by Gasteiger charge is -2.03. The van der Waals surface area contributed by atoms with E-state index in [1.54, 1.807) is 0 Å². The lowest BCUT2D eigenvalue weighted by atomic mass is 10.1. The van der Waals surface area contributed by atoms with Crippen molar-refractivity contribution >= 4 is 23.5 Å². The van der Waals surface area contributed by atoms with Crippen LogP contribution in [0.2, 0.25) is 0 Å². The summed E-state index contributed by atoms with van der Waals surface area (Å²) in [7, 11) is 0. The predicted molar refractivity (Wildman–Crippen MR) is 52.6 cm³/mol. The molecule has 0 spiro atoms. The summed E-state index contributed by atoms with van der Waals surface area (Å²) in [6, 6.07) is 0. The topological polar surface area (TPSA) is 74.6 Å². The molecule has 1 unspecified atom stereocenters. The first kappa shape index (κ1) is 13.2. The number of aliphatic carboxylic acids is 2. The number of hydrogen-bond donors (Lipinski definition) is 2. The van der Waals surface area contributed by atoms with Gasteiger partial charge in [-0.15, -0.1) is 11.6 Å². The smallest absolute Gasteiger partial charge is 0.321 e. The molecule has 0 heterocycles. The number of unbranched alkanes of at least 4 members (excludes halogenated alkanes) is 3. The van der Waals surface area contributed by atoms with Crippen molar-refractivity contribution in [2.75, 3.05) is 0 Å². The lowest BCUT2D eigenvalue weighted by molar-refractivity contribution is -0.137. The molecule has 0 amide bonds. The number of alkyl halides is 1. The summed E-state index contributed by atoms with van der Waals surface area (Å²) in [5, 5.41) is 16.0. The normalized spacial score (nSPS) is 12.4. The Labute approximate surface area is 87.9 Å². The van der Waals surface area contributed by atoms with Gasteiger partial charge >= 0.3 is 11.9 Å². The minimum atomic E-state index is -0.989. The van der Waals surface area contributed by atoms with Gasteiger partial charge in [-0.3, -0.25) is 9.59 Å². The molecule has 0 aromatic carbocycles. The van der Waals surface area contributed by atoms with Gasteiger partial charge in [-0.2, -0.15) is 0 Å². The van der Waals surface area contributed by atoms with Crippen LogP contribution in [0.3, 0.4) is 0 Å². The second-order valence-electron chi connectivity index (χ2n) is 3.15. The molecular formula is C9H15ClO4.